The fraction of sp³-hybridized carbons (Fsp3) is 0.364. The number of hydrogen-bond acceptors (Lipinski definition) is 2. The molecule has 2 heterocycles. The van der Waals surface area contributed by atoms with Gasteiger partial charge in [0.2, 0.25) is 0 Å². The minimum atomic E-state index is 0.579. The van der Waals surface area contributed by atoms with Crippen LogP contribution in [-0.4, -0.2) is 11.5 Å². The first kappa shape index (κ1) is 8.30. The molecule has 68 valence electrons. The van der Waals surface area contributed by atoms with Gasteiger partial charge in [-0.15, -0.1) is 0 Å². The van der Waals surface area contributed by atoms with Crippen LogP contribution in [0.4, 0.5) is 5.69 Å². The maximum absolute atomic E-state index is 4.08. The van der Waals surface area contributed by atoms with Crippen LogP contribution < -0.4 is 5.32 Å². The number of nitrogens with one attached hydrogen (secondary N) is 1. The SMILES string of the molecule is C=C(C)C1CNc2cnccc2C1. The first-order valence-corrected chi connectivity index (χ1v) is 4.59. The third-order valence-electron chi connectivity index (χ3n) is 2.61. The predicted molar refractivity (Wildman–Crippen MR) is 54.7 cm³/mol. The van der Waals surface area contributed by atoms with Crippen molar-refractivity contribution >= 4 is 5.69 Å². The summed E-state index contributed by atoms with van der Waals surface area (Å²) in [6, 6.07) is 2.08. The molecule has 1 atom stereocenters. The molecule has 2 nitrogen and oxygen atoms in total. The van der Waals surface area contributed by atoms with Gasteiger partial charge in [0, 0.05) is 18.7 Å². The van der Waals surface area contributed by atoms with E-state index in [1.165, 1.54) is 16.8 Å². The van der Waals surface area contributed by atoms with Crippen molar-refractivity contribution in [1.82, 2.24) is 4.98 Å². The molecule has 0 saturated heterocycles. The maximum Gasteiger partial charge on any atom is 0.0559 e. The largest absolute Gasteiger partial charge is 0.383 e. The molecule has 13 heavy (non-hydrogen) atoms. The van der Waals surface area contributed by atoms with Gasteiger partial charge >= 0.3 is 0 Å². The Morgan fingerprint density at radius 3 is 3.31 bits per heavy atom. The Bertz CT molecular complexity index is 331. The smallest absolute Gasteiger partial charge is 0.0559 e. The Morgan fingerprint density at radius 1 is 1.69 bits per heavy atom. The topological polar surface area (TPSA) is 24.9 Å². The highest BCUT2D eigenvalue weighted by Crippen LogP contribution is 2.26. The van der Waals surface area contributed by atoms with Crippen LogP contribution in [0, 0.1) is 5.92 Å². The summed E-state index contributed by atoms with van der Waals surface area (Å²) in [5, 5.41) is 3.37. The van der Waals surface area contributed by atoms with Crippen molar-refractivity contribution in [3.63, 3.8) is 0 Å². The molecule has 1 aliphatic rings. The molecular formula is C11H14N2. The number of fused-ring (bicyclic) bond motifs is 1. The van der Waals surface area contributed by atoms with Crippen LogP contribution in [0.5, 0.6) is 0 Å². The number of aromatic nitrogens is 1. The van der Waals surface area contributed by atoms with Crippen LogP contribution in [0.25, 0.3) is 0 Å². The molecule has 2 heteroatoms. The van der Waals surface area contributed by atoms with E-state index in [4.69, 9.17) is 0 Å². The molecule has 1 aliphatic heterocycles. The second-order valence-electron chi connectivity index (χ2n) is 3.66. The average Bonchev–Trinajstić information content (AvgIpc) is 2.17. The third kappa shape index (κ3) is 1.57. The molecule has 1 N–H and O–H groups in total. The summed E-state index contributed by atoms with van der Waals surface area (Å²) < 4.78 is 0. The van der Waals surface area contributed by atoms with E-state index < -0.39 is 0 Å². The first-order valence-electron chi connectivity index (χ1n) is 4.59. The fourth-order valence-corrected chi connectivity index (χ4v) is 1.68. The van der Waals surface area contributed by atoms with Crippen LogP contribution >= 0.6 is 0 Å². The summed E-state index contributed by atoms with van der Waals surface area (Å²) in [6.45, 7) is 7.09. The second kappa shape index (κ2) is 3.21. The van der Waals surface area contributed by atoms with E-state index in [1.54, 1.807) is 0 Å². The monoisotopic (exact) mass is 174 g/mol. The van der Waals surface area contributed by atoms with E-state index in [1.807, 2.05) is 12.4 Å². The molecule has 0 saturated carbocycles. The minimum absolute atomic E-state index is 0.579. The van der Waals surface area contributed by atoms with E-state index in [9.17, 15) is 0 Å². The van der Waals surface area contributed by atoms with Crippen molar-refractivity contribution in [1.29, 1.82) is 0 Å². The lowest BCUT2D eigenvalue weighted by atomic mass is 9.90. The van der Waals surface area contributed by atoms with E-state index in [-0.39, 0.29) is 0 Å². The number of anilines is 1. The van der Waals surface area contributed by atoms with Crippen LogP contribution in [0.3, 0.4) is 0 Å². The van der Waals surface area contributed by atoms with Crippen molar-refractivity contribution < 1.29 is 0 Å². The van der Waals surface area contributed by atoms with Gasteiger partial charge in [-0.3, -0.25) is 4.98 Å². The zero-order chi connectivity index (χ0) is 9.26. The quantitative estimate of drug-likeness (QED) is 0.660. The van der Waals surface area contributed by atoms with Crippen molar-refractivity contribution in [2.45, 2.75) is 13.3 Å². The van der Waals surface area contributed by atoms with E-state index in [0.29, 0.717) is 5.92 Å². The number of nitrogens with zero attached hydrogens (tertiary/aromatic N) is 1. The van der Waals surface area contributed by atoms with Gasteiger partial charge < -0.3 is 5.32 Å². The van der Waals surface area contributed by atoms with Crippen molar-refractivity contribution in [3.8, 4) is 0 Å². The molecule has 1 unspecified atom stereocenters. The fourth-order valence-electron chi connectivity index (χ4n) is 1.68. The van der Waals surface area contributed by atoms with E-state index in [2.05, 4.69) is 29.9 Å². The molecule has 0 radical (unpaired) electrons. The number of hydrogen-bond donors (Lipinski definition) is 1. The highest BCUT2D eigenvalue weighted by molar-refractivity contribution is 5.51. The Morgan fingerprint density at radius 2 is 2.54 bits per heavy atom. The summed E-state index contributed by atoms with van der Waals surface area (Å²) in [4.78, 5) is 4.08. The summed E-state index contributed by atoms with van der Waals surface area (Å²) in [6.07, 6.45) is 4.84. The summed E-state index contributed by atoms with van der Waals surface area (Å²) in [5.74, 6) is 0.579. The summed E-state index contributed by atoms with van der Waals surface area (Å²) in [5.41, 5.74) is 3.80. The lowest BCUT2D eigenvalue weighted by molar-refractivity contribution is 0.624. The van der Waals surface area contributed by atoms with Crippen molar-refractivity contribution in [2.24, 2.45) is 5.92 Å². The molecule has 0 aromatic carbocycles. The Balaban J connectivity index is 2.24. The molecule has 0 fully saturated rings. The Hall–Kier alpha value is -1.31. The molecule has 2 rings (SSSR count). The highest BCUT2D eigenvalue weighted by Gasteiger charge is 2.17. The van der Waals surface area contributed by atoms with Gasteiger partial charge in [0.05, 0.1) is 11.9 Å². The lowest BCUT2D eigenvalue weighted by Crippen LogP contribution is -2.23. The van der Waals surface area contributed by atoms with Crippen LogP contribution in [0.2, 0.25) is 0 Å². The van der Waals surface area contributed by atoms with Crippen molar-refractivity contribution in [2.75, 3.05) is 11.9 Å². The van der Waals surface area contributed by atoms with E-state index in [0.717, 1.165) is 13.0 Å². The van der Waals surface area contributed by atoms with Crippen molar-refractivity contribution in [3.05, 3.63) is 36.2 Å². The highest BCUT2D eigenvalue weighted by atomic mass is 14.9. The average molecular weight is 174 g/mol. The minimum Gasteiger partial charge on any atom is -0.383 e. The summed E-state index contributed by atoms with van der Waals surface area (Å²) >= 11 is 0. The van der Waals surface area contributed by atoms with Gasteiger partial charge in [-0.1, -0.05) is 12.2 Å². The van der Waals surface area contributed by atoms with Gasteiger partial charge in [0.25, 0.3) is 0 Å². The predicted octanol–water partition coefficient (Wildman–Crippen LogP) is 2.24. The molecular weight excluding hydrogens is 160 g/mol. The first-order chi connectivity index (χ1) is 6.27. The Kier molecular flexibility index (Phi) is 2.05. The molecule has 0 spiro atoms. The molecule has 0 bridgehead atoms. The van der Waals surface area contributed by atoms with Gasteiger partial charge in [-0.2, -0.15) is 0 Å². The van der Waals surface area contributed by atoms with Crippen LogP contribution in [0.1, 0.15) is 12.5 Å². The maximum atomic E-state index is 4.08. The Labute approximate surface area is 78.7 Å². The zero-order valence-electron chi connectivity index (χ0n) is 7.88. The standard InChI is InChI=1S/C11H14N2/c1-8(2)10-5-9-3-4-12-7-11(9)13-6-10/h3-4,7,10,13H,1,5-6H2,2H3. The normalized spacial score (nSPS) is 20.2. The van der Waals surface area contributed by atoms with E-state index >= 15 is 0 Å². The van der Waals surface area contributed by atoms with Gasteiger partial charge in [-0.25, -0.2) is 0 Å². The third-order valence-corrected chi connectivity index (χ3v) is 2.61. The number of rotatable bonds is 1. The molecule has 1 aromatic rings. The number of pyridine rings is 1. The van der Waals surface area contributed by atoms with Crippen LogP contribution in [-0.2, 0) is 6.42 Å². The molecule has 0 aliphatic carbocycles. The zero-order valence-corrected chi connectivity index (χ0v) is 7.88. The van der Waals surface area contributed by atoms with Gasteiger partial charge in [0.15, 0.2) is 0 Å². The summed E-state index contributed by atoms with van der Waals surface area (Å²) in [7, 11) is 0. The van der Waals surface area contributed by atoms with Crippen LogP contribution in [0.15, 0.2) is 30.6 Å². The second-order valence-corrected chi connectivity index (χ2v) is 3.66. The molecule has 1 aromatic heterocycles. The van der Waals surface area contributed by atoms with Gasteiger partial charge in [-0.05, 0) is 25.0 Å². The molecule has 0 amide bonds. The lowest BCUT2D eigenvalue weighted by Gasteiger charge is -2.25. The van der Waals surface area contributed by atoms with Gasteiger partial charge in [0.1, 0.15) is 0 Å².